The zero-order chi connectivity index (χ0) is 15.4. The number of thiazole rings is 1. The number of benzene rings is 1. The van der Waals surface area contributed by atoms with Crippen molar-refractivity contribution in [1.82, 2.24) is 9.38 Å². The molecule has 3 aromatic heterocycles. The summed E-state index contributed by atoms with van der Waals surface area (Å²) >= 11 is 6.67. The van der Waals surface area contributed by atoms with Crippen LogP contribution in [0.5, 0.6) is 0 Å². The molecular formula is C16H11BrN2OS2. The molecule has 0 saturated carbocycles. The Labute approximate surface area is 142 Å². The van der Waals surface area contributed by atoms with E-state index < -0.39 is 0 Å². The molecule has 0 aliphatic carbocycles. The average Bonchev–Trinajstić information content (AvgIpc) is 3.17. The Bertz CT molecular complexity index is 1120. The van der Waals surface area contributed by atoms with Crippen molar-refractivity contribution in [3.8, 4) is 0 Å². The summed E-state index contributed by atoms with van der Waals surface area (Å²) in [6, 6.07) is 6.03. The molecular weight excluding hydrogens is 380 g/mol. The quantitative estimate of drug-likeness (QED) is 0.493. The molecule has 0 bridgehead atoms. The van der Waals surface area contributed by atoms with E-state index in [1.54, 1.807) is 15.7 Å². The highest BCUT2D eigenvalue weighted by molar-refractivity contribution is 9.10. The number of hydrogen-bond donors (Lipinski definition) is 0. The van der Waals surface area contributed by atoms with E-state index in [1.165, 1.54) is 11.3 Å². The van der Waals surface area contributed by atoms with Crippen molar-refractivity contribution in [3.05, 3.63) is 58.9 Å². The second kappa shape index (κ2) is 5.01. The normalized spacial score (nSPS) is 12.8. The average molecular weight is 391 g/mol. The molecule has 110 valence electrons. The fourth-order valence-electron chi connectivity index (χ4n) is 2.48. The number of imidazole rings is 1. The molecule has 0 saturated heterocycles. The molecule has 0 aliphatic rings. The zero-order valence-corrected chi connectivity index (χ0v) is 15.1. The highest BCUT2D eigenvalue weighted by atomic mass is 79.9. The number of hydrogen-bond acceptors (Lipinski definition) is 4. The summed E-state index contributed by atoms with van der Waals surface area (Å²) in [6.45, 7) is 4.11. The third-order valence-electron chi connectivity index (χ3n) is 3.80. The number of rotatable bonds is 1. The van der Waals surface area contributed by atoms with Crippen molar-refractivity contribution in [1.29, 1.82) is 0 Å². The van der Waals surface area contributed by atoms with Crippen LogP contribution in [0.4, 0.5) is 0 Å². The van der Waals surface area contributed by atoms with E-state index >= 15 is 0 Å². The van der Waals surface area contributed by atoms with Gasteiger partial charge < -0.3 is 0 Å². The zero-order valence-electron chi connectivity index (χ0n) is 11.9. The molecule has 3 heterocycles. The van der Waals surface area contributed by atoms with Gasteiger partial charge in [0.05, 0.1) is 10.0 Å². The van der Waals surface area contributed by atoms with Crippen LogP contribution in [0, 0.1) is 13.8 Å². The van der Waals surface area contributed by atoms with Gasteiger partial charge in [-0.05, 0) is 64.5 Å². The minimum absolute atomic E-state index is 0.00560. The largest absolute Gasteiger partial charge is 0.274 e. The Morgan fingerprint density at radius 3 is 2.91 bits per heavy atom. The highest BCUT2D eigenvalue weighted by Gasteiger charge is 2.15. The Morgan fingerprint density at radius 1 is 1.36 bits per heavy atom. The molecule has 0 aliphatic heterocycles. The molecule has 3 nitrogen and oxygen atoms in total. The lowest BCUT2D eigenvalue weighted by atomic mass is 10.1. The van der Waals surface area contributed by atoms with Crippen molar-refractivity contribution in [2.45, 2.75) is 13.8 Å². The van der Waals surface area contributed by atoms with Gasteiger partial charge in [0.15, 0.2) is 4.96 Å². The predicted molar refractivity (Wildman–Crippen MR) is 97.1 cm³/mol. The van der Waals surface area contributed by atoms with Crippen molar-refractivity contribution < 1.29 is 0 Å². The second-order valence-electron chi connectivity index (χ2n) is 5.16. The topological polar surface area (TPSA) is 34.4 Å². The van der Waals surface area contributed by atoms with Crippen LogP contribution in [0.3, 0.4) is 0 Å². The van der Waals surface area contributed by atoms with Gasteiger partial charge >= 0.3 is 0 Å². The number of fused-ring (bicyclic) bond motifs is 3. The summed E-state index contributed by atoms with van der Waals surface area (Å²) in [5.41, 5.74) is 4.05. The van der Waals surface area contributed by atoms with Gasteiger partial charge in [-0.25, -0.2) is 9.38 Å². The van der Waals surface area contributed by atoms with Gasteiger partial charge in [0.2, 0.25) is 0 Å². The molecule has 6 heteroatoms. The molecule has 0 amide bonds. The Kier molecular flexibility index (Phi) is 3.21. The van der Waals surface area contributed by atoms with E-state index in [0.717, 1.165) is 41.0 Å². The van der Waals surface area contributed by atoms with Gasteiger partial charge in [-0.2, -0.15) is 0 Å². The maximum atomic E-state index is 12.7. The van der Waals surface area contributed by atoms with Crippen LogP contribution in [-0.2, 0) is 0 Å². The maximum Gasteiger partial charge on any atom is 0.274 e. The van der Waals surface area contributed by atoms with Gasteiger partial charge in [0, 0.05) is 9.35 Å². The number of halogens is 1. The van der Waals surface area contributed by atoms with Gasteiger partial charge in [0.25, 0.3) is 5.56 Å². The van der Waals surface area contributed by atoms with E-state index in [-0.39, 0.29) is 5.56 Å². The van der Waals surface area contributed by atoms with Crippen LogP contribution in [0.2, 0.25) is 0 Å². The molecule has 4 aromatic rings. The first kappa shape index (κ1) is 14.1. The van der Waals surface area contributed by atoms with Crippen LogP contribution in [0.1, 0.15) is 16.0 Å². The highest BCUT2D eigenvalue weighted by Crippen LogP contribution is 2.30. The Balaban J connectivity index is 2.11. The second-order valence-corrected chi connectivity index (χ2v) is 7.94. The standard InChI is InChI=1S/C16H11BrN2OS2/c1-8-6-11-14(13(17)9(8)2)18-16-19(11)15(20)12(22-16)7-10-4-3-5-21-10/h3-7H,1-2H3/b12-7-. The molecule has 1 aromatic carbocycles. The summed E-state index contributed by atoms with van der Waals surface area (Å²) in [5.74, 6) is 0. The molecule has 22 heavy (non-hydrogen) atoms. The Hall–Kier alpha value is -1.50. The summed E-state index contributed by atoms with van der Waals surface area (Å²) < 4.78 is 3.42. The van der Waals surface area contributed by atoms with Gasteiger partial charge in [-0.3, -0.25) is 4.79 Å². The van der Waals surface area contributed by atoms with Crippen molar-refractivity contribution in [3.63, 3.8) is 0 Å². The van der Waals surface area contributed by atoms with Crippen LogP contribution >= 0.6 is 38.6 Å². The predicted octanol–water partition coefficient (Wildman–Crippen LogP) is 3.90. The maximum absolute atomic E-state index is 12.7. The number of aryl methyl sites for hydroxylation is 1. The van der Waals surface area contributed by atoms with Crippen LogP contribution in [-0.4, -0.2) is 9.38 Å². The smallest absolute Gasteiger partial charge is 0.267 e. The van der Waals surface area contributed by atoms with Crippen LogP contribution in [0.25, 0.3) is 22.1 Å². The molecule has 0 radical (unpaired) electrons. The first-order valence-electron chi connectivity index (χ1n) is 6.72. The van der Waals surface area contributed by atoms with E-state index in [9.17, 15) is 4.79 Å². The molecule has 0 N–H and O–H groups in total. The third-order valence-corrected chi connectivity index (χ3v) is 6.55. The lowest BCUT2D eigenvalue weighted by Gasteiger charge is -2.03. The molecule has 0 atom stereocenters. The van der Waals surface area contributed by atoms with Crippen LogP contribution in [0.15, 0.2) is 32.8 Å². The van der Waals surface area contributed by atoms with Crippen molar-refractivity contribution in [2.24, 2.45) is 0 Å². The summed E-state index contributed by atoms with van der Waals surface area (Å²) in [4.78, 5) is 19.2. The molecule has 4 rings (SSSR count). The summed E-state index contributed by atoms with van der Waals surface area (Å²) in [6.07, 6.45) is 1.94. The molecule has 0 fully saturated rings. The van der Waals surface area contributed by atoms with E-state index in [0.29, 0.717) is 0 Å². The van der Waals surface area contributed by atoms with E-state index in [1.807, 2.05) is 29.7 Å². The summed E-state index contributed by atoms with van der Waals surface area (Å²) in [5, 5.41) is 2.01. The Morgan fingerprint density at radius 2 is 2.18 bits per heavy atom. The fraction of sp³-hybridized carbons (Fsp3) is 0.125. The molecule has 0 unspecified atom stereocenters. The number of nitrogens with zero attached hydrogens (tertiary/aromatic N) is 2. The van der Waals surface area contributed by atoms with Crippen molar-refractivity contribution in [2.75, 3.05) is 0 Å². The number of aromatic nitrogens is 2. The van der Waals surface area contributed by atoms with E-state index in [2.05, 4.69) is 34.8 Å². The van der Waals surface area contributed by atoms with Crippen molar-refractivity contribution >= 4 is 60.7 Å². The van der Waals surface area contributed by atoms with Gasteiger partial charge in [-0.15, -0.1) is 11.3 Å². The minimum atomic E-state index is 0.00560. The third kappa shape index (κ3) is 1.98. The van der Waals surface area contributed by atoms with Crippen LogP contribution < -0.4 is 10.1 Å². The lowest BCUT2D eigenvalue weighted by Crippen LogP contribution is -2.22. The summed E-state index contributed by atoms with van der Waals surface area (Å²) in [7, 11) is 0. The number of thiophene rings is 1. The molecule has 0 spiro atoms. The fourth-order valence-corrected chi connectivity index (χ4v) is 4.79. The van der Waals surface area contributed by atoms with Gasteiger partial charge in [-0.1, -0.05) is 17.4 Å². The minimum Gasteiger partial charge on any atom is -0.267 e. The van der Waals surface area contributed by atoms with Gasteiger partial charge in [0.1, 0.15) is 5.52 Å². The first-order chi connectivity index (χ1) is 10.6. The monoisotopic (exact) mass is 390 g/mol. The van der Waals surface area contributed by atoms with E-state index in [4.69, 9.17) is 0 Å². The SMILES string of the molecule is Cc1cc2c(nc3s/c(=C\c4cccs4)c(=O)n32)c(Br)c1C. The lowest BCUT2D eigenvalue weighted by molar-refractivity contribution is 1.18. The first-order valence-corrected chi connectivity index (χ1v) is 9.21.